The van der Waals surface area contributed by atoms with Gasteiger partial charge in [-0.1, -0.05) is 59.1 Å². The molecular weight excluding hydrogens is 445 g/mol. The minimum absolute atomic E-state index is 0.00903. The molecule has 1 unspecified atom stereocenters. The van der Waals surface area contributed by atoms with Crippen molar-refractivity contribution >= 4 is 57.4 Å². The van der Waals surface area contributed by atoms with Crippen LogP contribution in [0.3, 0.4) is 0 Å². The van der Waals surface area contributed by atoms with Crippen LogP contribution in [0.2, 0.25) is 15.1 Å². The molecule has 1 amide bonds. The lowest BCUT2D eigenvalue weighted by Crippen LogP contribution is -2.29. The Morgan fingerprint density at radius 3 is 2.33 bits per heavy atom. The van der Waals surface area contributed by atoms with Crippen molar-refractivity contribution in [1.29, 1.82) is 0 Å². The number of hydrogen-bond acceptors (Lipinski definition) is 3. The van der Waals surface area contributed by atoms with Gasteiger partial charge in [0, 0.05) is 10.7 Å². The Bertz CT molecular complexity index is 1380. The summed E-state index contributed by atoms with van der Waals surface area (Å²) in [5.74, 6) is -0.393. The van der Waals surface area contributed by atoms with E-state index in [1.807, 2.05) is 18.2 Å². The zero-order valence-corrected chi connectivity index (χ0v) is 17.5. The monoisotopic (exact) mass is 455 g/mol. The summed E-state index contributed by atoms with van der Waals surface area (Å²) in [5.41, 5.74) is 1.52. The van der Waals surface area contributed by atoms with Gasteiger partial charge in [0.15, 0.2) is 5.43 Å². The predicted octanol–water partition coefficient (Wildman–Crippen LogP) is 6.50. The van der Waals surface area contributed by atoms with Crippen molar-refractivity contribution in [2.75, 3.05) is 4.90 Å². The number of fused-ring (bicyclic) bond motifs is 2. The maximum atomic E-state index is 13.5. The number of anilines is 1. The molecule has 1 atom stereocenters. The highest BCUT2D eigenvalue weighted by Crippen LogP contribution is 2.42. The number of carbonyl (C=O) groups is 1. The Labute approximate surface area is 186 Å². The van der Waals surface area contributed by atoms with Crippen LogP contribution in [0.5, 0.6) is 0 Å². The number of nitrogens with zero attached hydrogens (tertiary/aromatic N) is 1. The summed E-state index contributed by atoms with van der Waals surface area (Å²) in [6.07, 6.45) is 0. The largest absolute Gasteiger partial charge is 0.450 e. The molecule has 1 aromatic heterocycles. The van der Waals surface area contributed by atoms with Crippen LogP contribution in [0, 0.1) is 0 Å². The molecule has 1 aliphatic rings. The molecule has 0 fully saturated rings. The van der Waals surface area contributed by atoms with Gasteiger partial charge < -0.3 is 4.42 Å². The molecule has 0 saturated carbocycles. The van der Waals surface area contributed by atoms with E-state index in [2.05, 4.69) is 0 Å². The molecule has 0 saturated heterocycles. The van der Waals surface area contributed by atoms with Gasteiger partial charge in [-0.3, -0.25) is 14.5 Å². The molecule has 30 heavy (non-hydrogen) atoms. The number of para-hydroxylation sites is 1. The van der Waals surface area contributed by atoms with Crippen LogP contribution in [0.4, 0.5) is 5.69 Å². The molecule has 2 heterocycles. The van der Waals surface area contributed by atoms with Crippen molar-refractivity contribution in [1.82, 2.24) is 0 Å². The zero-order valence-electron chi connectivity index (χ0n) is 15.2. The van der Waals surface area contributed by atoms with Gasteiger partial charge in [0.1, 0.15) is 5.58 Å². The van der Waals surface area contributed by atoms with Crippen molar-refractivity contribution in [3.8, 4) is 0 Å². The topological polar surface area (TPSA) is 50.5 Å². The maximum absolute atomic E-state index is 13.5. The van der Waals surface area contributed by atoms with Gasteiger partial charge in [-0.25, -0.2) is 0 Å². The lowest BCUT2D eigenvalue weighted by Gasteiger charge is -2.25. The fourth-order valence-corrected chi connectivity index (χ4v) is 4.28. The molecule has 0 aliphatic carbocycles. The third kappa shape index (κ3) is 2.91. The Balaban J connectivity index is 1.84. The molecule has 0 bridgehead atoms. The van der Waals surface area contributed by atoms with Crippen LogP contribution >= 0.6 is 34.8 Å². The lowest BCUT2D eigenvalue weighted by atomic mass is 9.98. The summed E-state index contributed by atoms with van der Waals surface area (Å²) in [6, 6.07) is 18.2. The first-order valence-electron chi connectivity index (χ1n) is 9.05. The lowest BCUT2D eigenvalue weighted by molar-refractivity contribution is 0.0971. The first-order valence-corrected chi connectivity index (χ1v) is 10.2. The van der Waals surface area contributed by atoms with E-state index in [0.29, 0.717) is 37.3 Å². The van der Waals surface area contributed by atoms with E-state index >= 15 is 0 Å². The number of rotatable bonds is 2. The van der Waals surface area contributed by atoms with Gasteiger partial charge in [-0.2, -0.15) is 0 Å². The van der Waals surface area contributed by atoms with E-state index in [0.717, 1.165) is 0 Å². The van der Waals surface area contributed by atoms with E-state index in [1.54, 1.807) is 48.5 Å². The second kappa shape index (κ2) is 7.17. The molecule has 7 heteroatoms. The fraction of sp³-hybridized carbons (Fsp3) is 0.0435. The first-order chi connectivity index (χ1) is 14.5. The molecular formula is C23H12Cl3NO3. The normalized spacial score (nSPS) is 15.6. The zero-order chi connectivity index (χ0) is 21.0. The van der Waals surface area contributed by atoms with Gasteiger partial charge in [0.05, 0.1) is 27.0 Å². The minimum atomic E-state index is -0.718. The summed E-state index contributed by atoms with van der Waals surface area (Å²) in [7, 11) is 0. The van der Waals surface area contributed by atoms with Crippen LogP contribution in [-0.2, 0) is 0 Å². The Morgan fingerprint density at radius 1 is 0.833 bits per heavy atom. The van der Waals surface area contributed by atoms with Gasteiger partial charge in [-0.15, -0.1) is 0 Å². The summed E-state index contributed by atoms with van der Waals surface area (Å²) < 4.78 is 5.90. The third-order valence-electron chi connectivity index (χ3n) is 5.13. The third-order valence-corrected chi connectivity index (χ3v) is 6.10. The molecule has 5 rings (SSSR count). The van der Waals surface area contributed by atoms with Gasteiger partial charge in [0.2, 0.25) is 5.76 Å². The summed E-state index contributed by atoms with van der Waals surface area (Å²) in [4.78, 5) is 28.4. The number of carbonyl (C=O) groups excluding carboxylic acids is 1. The average molecular weight is 457 g/mol. The molecule has 0 spiro atoms. The van der Waals surface area contributed by atoms with Crippen LogP contribution in [0.15, 0.2) is 75.9 Å². The highest BCUT2D eigenvalue weighted by molar-refractivity contribution is 6.42. The maximum Gasteiger partial charge on any atom is 0.295 e. The molecule has 3 aromatic carbocycles. The Morgan fingerprint density at radius 2 is 1.60 bits per heavy atom. The number of amides is 1. The van der Waals surface area contributed by atoms with Crippen LogP contribution in [0.1, 0.15) is 27.7 Å². The predicted molar refractivity (Wildman–Crippen MR) is 119 cm³/mol. The van der Waals surface area contributed by atoms with E-state index in [4.69, 9.17) is 39.2 Å². The number of benzene rings is 3. The Kier molecular flexibility index (Phi) is 4.58. The second-order valence-electron chi connectivity index (χ2n) is 6.90. The van der Waals surface area contributed by atoms with Gasteiger partial charge in [0.25, 0.3) is 5.91 Å². The van der Waals surface area contributed by atoms with Crippen molar-refractivity contribution in [3.63, 3.8) is 0 Å². The van der Waals surface area contributed by atoms with Gasteiger partial charge in [-0.05, 0) is 48.0 Å². The van der Waals surface area contributed by atoms with Crippen LogP contribution in [-0.4, -0.2) is 5.91 Å². The number of halogens is 3. The Hall–Kier alpha value is -2.79. The van der Waals surface area contributed by atoms with E-state index in [-0.39, 0.29) is 16.8 Å². The summed E-state index contributed by atoms with van der Waals surface area (Å²) >= 11 is 18.4. The highest BCUT2D eigenvalue weighted by atomic mass is 35.5. The smallest absolute Gasteiger partial charge is 0.295 e. The van der Waals surface area contributed by atoms with Crippen molar-refractivity contribution in [2.45, 2.75) is 6.04 Å². The SMILES string of the molecule is O=C1c2oc3ccc(Cl)cc3c(=O)c2C(c2ccc(Cl)c(Cl)c2)N1c1ccccc1. The van der Waals surface area contributed by atoms with Crippen LogP contribution < -0.4 is 10.3 Å². The summed E-state index contributed by atoms with van der Waals surface area (Å²) in [5, 5.41) is 1.43. The first kappa shape index (κ1) is 19.2. The number of hydrogen-bond donors (Lipinski definition) is 0. The fourth-order valence-electron chi connectivity index (χ4n) is 3.80. The molecule has 4 nitrogen and oxygen atoms in total. The highest BCUT2D eigenvalue weighted by Gasteiger charge is 2.43. The minimum Gasteiger partial charge on any atom is -0.450 e. The quantitative estimate of drug-likeness (QED) is 0.346. The second-order valence-corrected chi connectivity index (χ2v) is 8.15. The summed E-state index contributed by atoms with van der Waals surface area (Å²) in [6.45, 7) is 0. The molecule has 1 aliphatic heterocycles. The van der Waals surface area contributed by atoms with E-state index in [9.17, 15) is 9.59 Å². The van der Waals surface area contributed by atoms with Crippen molar-refractivity contribution in [2.24, 2.45) is 0 Å². The van der Waals surface area contributed by atoms with Crippen molar-refractivity contribution < 1.29 is 9.21 Å². The molecule has 148 valence electrons. The van der Waals surface area contributed by atoms with E-state index in [1.165, 1.54) is 4.90 Å². The average Bonchev–Trinajstić information content (AvgIpc) is 3.04. The molecule has 4 aromatic rings. The molecule has 0 radical (unpaired) electrons. The molecule has 0 N–H and O–H groups in total. The van der Waals surface area contributed by atoms with E-state index < -0.39 is 11.9 Å². The standard InChI is InChI=1S/C23H12Cl3NO3/c24-13-7-9-18-15(11-13)21(28)19-20(12-6-8-16(25)17(26)10-12)27(23(29)22(19)30-18)14-4-2-1-3-5-14/h1-11,20H. The van der Waals surface area contributed by atoms with Crippen LogP contribution in [0.25, 0.3) is 11.0 Å². The van der Waals surface area contributed by atoms with Gasteiger partial charge >= 0.3 is 0 Å². The van der Waals surface area contributed by atoms with Crippen molar-refractivity contribution in [3.05, 3.63) is 109 Å².